The summed E-state index contributed by atoms with van der Waals surface area (Å²) in [4.78, 5) is 16.6. The summed E-state index contributed by atoms with van der Waals surface area (Å²) >= 11 is 0. The zero-order valence-corrected chi connectivity index (χ0v) is 21.4. The summed E-state index contributed by atoms with van der Waals surface area (Å²) in [5.41, 5.74) is 3.44. The van der Waals surface area contributed by atoms with Crippen molar-refractivity contribution >= 4 is 17.0 Å². The Bertz CT molecular complexity index is 1160. The van der Waals surface area contributed by atoms with E-state index in [1.807, 2.05) is 36.5 Å². The van der Waals surface area contributed by atoms with Crippen molar-refractivity contribution in [3.8, 4) is 0 Å². The second kappa shape index (κ2) is 10.9. The Balaban J connectivity index is 1.13. The van der Waals surface area contributed by atoms with Crippen molar-refractivity contribution in [3.63, 3.8) is 0 Å². The lowest BCUT2D eigenvalue weighted by Gasteiger charge is -2.53. The fourth-order valence-corrected chi connectivity index (χ4v) is 7.54. The molecule has 37 heavy (non-hydrogen) atoms. The number of carbonyl (C=O) groups excluding carboxylic acids is 1. The number of aromatic nitrogens is 1. The summed E-state index contributed by atoms with van der Waals surface area (Å²) in [7, 11) is 0. The van der Waals surface area contributed by atoms with Gasteiger partial charge in [0.15, 0.2) is 0 Å². The smallest absolute Gasteiger partial charge is 0.407 e. The number of H-pyrrole nitrogens is 1. The summed E-state index contributed by atoms with van der Waals surface area (Å²) in [6.45, 7) is 0.585. The first-order valence-corrected chi connectivity index (χ1v) is 14.0. The highest BCUT2D eigenvalue weighted by Crippen LogP contribution is 2.54. The highest BCUT2D eigenvalue weighted by atomic mass is 16.6. The van der Waals surface area contributed by atoms with Gasteiger partial charge in [0.2, 0.25) is 0 Å². The molecule has 4 fully saturated rings. The number of para-hydroxylation sites is 1. The number of rotatable bonds is 10. The second-order valence-corrected chi connectivity index (χ2v) is 11.7. The van der Waals surface area contributed by atoms with Gasteiger partial charge < -0.3 is 25.5 Å². The molecular weight excluding hydrogens is 462 g/mol. The third-order valence-electron chi connectivity index (χ3n) is 9.04. The van der Waals surface area contributed by atoms with E-state index in [9.17, 15) is 9.90 Å². The third-order valence-corrected chi connectivity index (χ3v) is 9.04. The van der Waals surface area contributed by atoms with E-state index >= 15 is 0 Å². The van der Waals surface area contributed by atoms with Crippen molar-refractivity contribution in [1.29, 1.82) is 0 Å². The average molecular weight is 502 g/mol. The lowest BCUT2D eigenvalue weighted by molar-refractivity contribution is -0.0964. The first-order chi connectivity index (χ1) is 18.1. The SMILES string of the molecule is O=C(N[C@@H](CN[C@H](CO)Cc1ccccc1)Cc1c[nH]c2ccccc12)OC1C2CC3CC(C2)CC1C3. The van der Waals surface area contributed by atoms with Gasteiger partial charge in [0.05, 0.1) is 6.61 Å². The topological polar surface area (TPSA) is 86.4 Å². The van der Waals surface area contributed by atoms with Crippen molar-refractivity contribution in [2.45, 2.75) is 63.1 Å². The highest BCUT2D eigenvalue weighted by Gasteiger charge is 2.50. The summed E-state index contributed by atoms with van der Waals surface area (Å²) in [6, 6.07) is 18.2. The van der Waals surface area contributed by atoms with E-state index in [1.165, 1.54) is 48.6 Å². The largest absolute Gasteiger partial charge is 0.446 e. The van der Waals surface area contributed by atoms with Crippen LogP contribution in [0.25, 0.3) is 10.9 Å². The van der Waals surface area contributed by atoms with Crippen LogP contribution in [-0.4, -0.2) is 47.5 Å². The van der Waals surface area contributed by atoms with Crippen molar-refractivity contribution in [2.75, 3.05) is 13.2 Å². The molecule has 1 amide bonds. The van der Waals surface area contributed by atoms with E-state index in [0.29, 0.717) is 24.8 Å². The van der Waals surface area contributed by atoms with Crippen LogP contribution in [0.5, 0.6) is 0 Å². The summed E-state index contributed by atoms with van der Waals surface area (Å²) in [5.74, 6) is 2.78. The van der Waals surface area contributed by atoms with Crippen LogP contribution >= 0.6 is 0 Å². The monoisotopic (exact) mass is 501 g/mol. The molecule has 0 saturated heterocycles. The second-order valence-electron chi connectivity index (χ2n) is 11.7. The van der Waals surface area contributed by atoms with Gasteiger partial charge in [0.1, 0.15) is 6.10 Å². The third kappa shape index (κ3) is 5.55. The van der Waals surface area contributed by atoms with Gasteiger partial charge in [-0.3, -0.25) is 0 Å². The van der Waals surface area contributed by atoms with Gasteiger partial charge >= 0.3 is 6.09 Å². The van der Waals surface area contributed by atoms with Gasteiger partial charge in [-0.05, 0) is 85.8 Å². The van der Waals surface area contributed by atoms with Crippen molar-refractivity contribution in [1.82, 2.24) is 15.6 Å². The molecule has 196 valence electrons. The number of carbonyl (C=O) groups is 1. The molecule has 2 aromatic carbocycles. The molecule has 0 radical (unpaired) electrons. The van der Waals surface area contributed by atoms with E-state index in [1.54, 1.807) is 0 Å². The van der Waals surface area contributed by atoms with Crippen LogP contribution in [0.2, 0.25) is 0 Å². The number of aliphatic hydroxyl groups excluding tert-OH is 1. The summed E-state index contributed by atoms with van der Waals surface area (Å²) < 4.78 is 6.16. The molecule has 0 aliphatic heterocycles. The predicted molar refractivity (Wildman–Crippen MR) is 145 cm³/mol. The van der Waals surface area contributed by atoms with Crippen LogP contribution in [0.1, 0.15) is 43.2 Å². The maximum atomic E-state index is 13.2. The Morgan fingerprint density at radius 2 is 1.62 bits per heavy atom. The number of alkyl carbamates (subject to hydrolysis) is 1. The number of benzene rings is 2. The van der Waals surface area contributed by atoms with E-state index in [2.05, 4.69) is 39.9 Å². The van der Waals surface area contributed by atoms with Crippen LogP contribution < -0.4 is 10.6 Å². The zero-order valence-electron chi connectivity index (χ0n) is 21.4. The number of nitrogens with one attached hydrogen (secondary N) is 3. The average Bonchev–Trinajstić information content (AvgIpc) is 3.31. The minimum Gasteiger partial charge on any atom is -0.446 e. The minimum atomic E-state index is -0.298. The van der Waals surface area contributed by atoms with Gasteiger partial charge in [0, 0.05) is 35.7 Å². The van der Waals surface area contributed by atoms with E-state index in [0.717, 1.165) is 23.8 Å². The van der Waals surface area contributed by atoms with E-state index < -0.39 is 0 Å². The first-order valence-electron chi connectivity index (χ1n) is 14.0. The maximum Gasteiger partial charge on any atom is 0.407 e. The molecule has 4 bridgehead atoms. The lowest BCUT2D eigenvalue weighted by atomic mass is 9.55. The number of hydrogen-bond acceptors (Lipinski definition) is 4. The number of aliphatic hydroxyl groups is 1. The molecular formula is C31H39N3O3. The van der Waals surface area contributed by atoms with Gasteiger partial charge in [-0.1, -0.05) is 48.5 Å². The van der Waals surface area contributed by atoms with Crippen LogP contribution in [0.4, 0.5) is 4.79 Å². The molecule has 1 heterocycles. The zero-order chi connectivity index (χ0) is 25.2. The molecule has 6 nitrogen and oxygen atoms in total. The molecule has 2 atom stereocenters. The molecule has 7 rings (SSSR count). The number of aromatic amines is 1. The van der Waals surface area contributed by atoms with Crippen molar-refractivity contribution in [2.24, 2.45) is 23.7 Å². The Morgan fingerprint density at radius 3 is 2.35 bits per heavy atom. The number of amides is 1. The van der Waals surface area contributed by atoms with Gasteiger partial charge in [-0.25, -0.2) is 4.79 Å². The lowest BCUT2D eigenvalue weighted by Crippen LogP contribution is -2.53. The van der Waals surface area contributed by atoms with Crippen LogP contribution in [0.15, 0.2) is 60.8 Å². The Labute approximate surface area is 219 Å². The molecule has 0 spiro atoms. The van der Waals surface area contributed by atoms with Crippen LogP contribution in [0.3, 0.4) is 0 Å². The molecule has 3 aromatic rings. The molecule has 6 heteroatoms. The van der Waals surface area contributed by atoms with Crippen molar-refractivity contribution in [3.05, 3.63) is 71.9 Å². The van der Waals surface area contributed by atoms with Crippen molar-refractivity contribution < 1.29 is 14.6 Å². The van der Waals surface area contributed by atoms with E-state index in [4.69, 9.17) is 4.74 Å². The number of ether oxygens (including phenoxy) is 1. The molecule has 4 saturated carbocycles. The summed E-state index contributed by atoms with van der Waals surface area (Å²) in [5, 5.41) is 17.9. The standard InChI is InChI=1S/C31H39N3O3/c35-19-27(15-20-6-2-1-3-7-20)32-18-26(16-25-17-33-29-9-5-4-8-28(25)29)34-31(36)37-30-23-11-21-10-22(13-23)14-24(30)12-21/h1-9,17,21-24,26-27,30,32-33,35H,10-16,18-19H2,(H,34,36)/t21?,22?,23?,24?,26-,27+,30?/m1/s1. The highest BCUT2D eigenvalue weighted by molar-refractivity contribution is 5.83. The molecule has 1 aromatic heterocycles. The first kappa shape index (κ1) is 24.5. The molecule has 4 aliphatic carbocycles. The number of hydrogen-bond donors (Lipinski definition) is 4. The Hall–Kier alpha value is -2.83. The maximum absolute atomic E-state index is 13.2. The Morgan fingerprint density at radius 1 is 0.919 bits per heavy atom. The fourth-order valence-electron chi connectivity index (χ4n) is 7.54. The normalized spacial score (nSPS) is 27.8. The molecule has 4 aliphatic rings. The van der Waals surface area contributed by atoms with Gasteiger partial charge in [-0.15, -0.1) is 0 Å². The fraction of sp³-hybridized carbons (Fsp3) is 0.516. The summed E-state index contributed by atoms with van der Waals surface area (Å²) in [6.07, 6.45) is 9.50. The van der Waals surface area contributed by atoms with Crippen LogP contribution in [0, 0.1) is 23.7 Å². The van der Waals surface area contributed by atoms with E-state index in [-0.39, 0.29) is 30.9 Å². The Kier molecular flexibility index (Phi) is 7.21. The molecule has 0 unspecified atom stereocenters. The predicted octanol–water partition coefficient (Wildman–Crippen LogP) is 4.82. The number of fused-ring (bicyclic) bond motifs is 1. The molecule has 4 N–H and O–H groups in total. The minimum absolute atomic E-state index is 0.0346. The van der Waals surface area contributed by atoms with Crippen LogP contribution in [-0.2, 0) is 17.6 Å². The van der Waals surface area contributed by atoms with Gasteiger partial charge in [-0.2, -0.15) is 0 Å². The quantitative estimate of drug-likeness (QED) is 0.321. The van der Waals surface area contributed by atoms with Gasteiger partial charge in [0.25, 0.3) is 0 Å².